The van der Waals surface area contributed by atoms with Crippen LogP contribution in [0.4, 0.5) is 5.69 Å². The van der Waals surface area contributed by atoms with E-state index in [0.29, 0.717) is 23.4 Å². The maximum absolute atomic E-state index is 13.3. The summed E-state index contributed by atoms with van der Waals surface area (Å²) in [5.41, 5.74) is 1.07. The van der Waals surface area contributed by atoms with Crippen molar-refractivity contribution in [3.05, 3.63) is 23.8 Å². The minimum absolute atomic E-state index is 0.0381. The summed E-state index contributed by atoms with van der Waals surface area (Å²) >= 11 is 0. The zero-order chi connectivity index (χ0) is 21.7. The van der Waals surface area contributed by atoms with E-state index in [-0.39, 0.29) is 42.1 Å². The topological polar surface area (TPSA) is 99.5 Å². The van der Waals surface area contributed by atoms with Crippen molar-refractivity contribution >= 4 is 21.4 Å². The molecule has 164 valence electrons. The Balaban J connectivity index is 1.77. The SMILES string of the molecule is CC(C)Oc1ccc(C#N)cc1NCC(=O)N(C1CCCCC1)C1CCS(=O)(=O)C1. The standard InChI is InChI=1S/C22H31N3O4S/c1-16(2)29-21-9-8-17(13-23)12-20(21)24-14-22(26)25(18-6-4-3-5-7-18)19-10-11-30(27,28)15-19/h8-9,12,16,18-19,24H,3-7,10-11,14-15H2,1-2H3. The number of sulfone groups is 1. The Kier molecular flexibility index (Phi) is 7.24. The Bertz CT molecular complexity index is 901. The Morgan fingerprint density at radius 3 is 2.57 bits per heavy atom. The fourth-order valence-electron chi connectivity index (χ4n) is 4.42. The molecule has 0 bridgehead atoms. The lowest BCUT2D eigenvalue weighted by molar-refractivity contribution is -0.134. The van der Waals surface area contributed by atoms with Crippen molar-refractivity contribution in [3.8, 4) is 11.8 Å². The summed E-state index contributed by atoms with van der Waals surface area (Å²) < 4.78 is 29.9. The molecular weight excluding hydrogens is 402 g/mol. The van der Waals surface area contributed by atoms with Crippen molar-refractivity contribution in [2.24, 2.45) is 0 Å². The molecule has 2 fully saturated rings. The largest absolute Gasteiger partial charge is 0.489 e. The highest BCUT2D eigenvalue weighted by Crippen LogP contribution is 2.30. The smallest absolute Gasteiger partial charge is 0.242 e. The lowest BCUT2D eigenvalue weighted by Gasteiger charge is -2.38. The second-order valence-corrected chi connectivity index (χ2v) is 10.7. The predicted octanol–water partition coefficient (Wildman–Crippen LogP) is 3.11. The number of benzene rings is 1. The van der Waals surface area contributed by atoms with Crippen LogP contribution in [0.2, 0.25) is 0 Å². The molecule has 1 saturated heterocycles. The van der Waals surface area contributed by atoms with Crippen molar-refractivity contribution in [1.29, 1.82) is 5.26 Å². The van der Waals surface area contributed by atoms with Gasteiger partial charge < -0.3 is 15.0 Å². The highest BCUT2D eigenvalue weighted by Gasteiger charge is 2.38. The highest BCUT2D eigenvalue weighted by atomic mass is 32.2. The average Bonchev–Trinajstić information content (AvgIpc) is 3.07. The number of ether oxygens (including phenoxy) is 1. The van der Waals surface area contributed by atoms with Gasteiger partial charge in [0.05, 0.1) is 41.5 Å². The molecule has 1 unspecified atom stereocenters. The molecule has 30 heavy (non-hydrogen) atoms. The number of carbonyl (C=O) groups is 1. The molecule has 1 saturated carbocycles. The molecule has 1 N–H and O–H groups in total. The second-order valence-electron chi connectivity index (χ2n) is 8.49. The molecule has 3 rings (SSSR count). The van der Waals surface area contributed by atoms with E-state index in [4.69, 9.17) is 4.74 Å². The molecule has 0 radical (unpaired) electrons. The Labute approximate surface area is 179 Å². The Hall–Kier alpha value is -2.27. The molecule has 1 atom stereocenters. The van der Waals surface area contributed by atoms with Gasteiger partial charge in [0.15, 0.2) is 9.84 Å². The maximum Gasteiger partial charge on any atom is 0.242 e. The minimum atomic E-state index is -3.08. The summed E-state index contributed by atoms with van der Waals surface area (Å²) in [6.07, 6.45) is 5.61. The van der Waals surface area contributed by atoms with E-state index < -0.39 is 9.84 Å². The Morgan fingerprint density at radius 2 is 1.97 bits per heavy atom. The fraction of sp³-hybridized carbons (Fsp3) is 0.636. The summed E-state index contributed by atoms with van der Waals surface area (Å²) in [7, 11) is -3.08. The van der Waals surface area contributed by atoms with Gasteiger partial charge in [-0.1, -0.05) is 19.3 Å². The van der Waals surface area contributed by atoms with Crippen molar-refractivity contribution in [2.75, 3.05) is 23.4 Å². The number of anilines is 1. The molecule has 1 aliphatic carbocycles. The molecule has 1 aromatic carbocycles. The molecule has 0 spiro atoms. The molecule has 7 nitrogen and oxygen atoms in total. The fourth-order valence-corrected chi connectivity index (χ4v) is 6.13. The summed E-state index contributed by atoms with van der Waals surface area (Å²) in [4.78, 5) is 15.1. The van der Waals surface area contributed by atoms with Crippen molar-refractivity contribution < 1.29 is 17.9 Å². The van der Waals surface area contributed by atoms with Gasteiger partial charge in [0.25, 0.3) is 0 Å². The van der Waals surface area contributed by atoms with Crippen molar-refractivity contribution in [3.63, 3.8) is 0 Å². The molecule has 8 heteroatoms. The van der Waals surface area contributed by atoms with Gasteiger partial charge in [-0.25, -0.2) is 8.42 Å². The van der Waals surface area contributed by atoms with E-state index in [1.54, 1.807) is 18.2 Å². The highest BCUT2D eigenvalue weighted by molar-refractivity contribution is 7.91. The van der Waals surface area contributed by atoms with Crippen LogP contribution >= 0.6 is 0 Å². The summed E-state index contributed by atoms with van der Waals surface area (Å²) in [5, 5.41) is 12.4. The average molecular weight is 434 g/mol. The summed E-state index contributed by atoms with van der Waals surface area (Å²) in [6, 6.07) is 7.05. The number of hydrogen-bond donors (Lipinski definition) is 1. The van der Waals surface area contributed by atoms with Crippen LogP contribution in [0.25, 0.3) is 0 Å². The number of nitrogens with zero attached hydrogens (tertiary/aromatic N) is 2. The monoisotopic (exact) mass is 433 g/mol. The first kappa shape index (κ1) is 22.4. The quantitative estimate of drug-likeness (QED) is 0.709. The summed E-state index contributed by atoms with van der Waals surface area (Å²) in [5.74, 6) is 0.699. The first-order chi connectivity index (χ1) is 14.3. The molecule has 0 aromatic heterocycles. The number of carbonyl (C=O) groups excluding carboxylic acids is 1. The Morgan fingerprint density at radius 1 is 1.23 bits per heavy atom. The van der Waals surface area contributed by atoms with E-state index in [1.807, 2.05) is 18.7 Å². The molecule has 2 aliphatic rings. The van der Waals surface area contributed by atoms with Crippen molar-refractivity contribution in [1.82, 2.24) is 4.90 Å². The van der Waals surface area contributed by atoms with Crippen LogP contribution in [-0.2, 0) is 14.6 Å². The van der Waals surface area contributed by atoms with Crippen LogP contribution in [0, 0.1) is 11.3 Å². The van der Waals surface area contributed by atoms with Crippen LogP contribution in [0.3, 0.4) is 0 Å². The van der Waals surface area contributed by atoms with Crippen LogP contribution in [-0.4, -0.2) is 55.5 Å². The van der Waals surface area contributed by atoms with E-state index in [2.05, 4.69) is 11.4 Å². The maximum atomic E-state index is 13.3. The first-order valence-corrected chi connectivity index (χ1v) is 12.6. The van der Waals surface area contributed by atoms with E-state index in [9.17, 15) is 18.5 Å². The van der Waals surface area contributed by atoms with E-state index >= 15 is 0 Å². The van der Waals surface area contributed by atoms with Gasteiger partial charge in [0.2, 0.25) is 5.91 Å². The van der Waals surface area contributed by atoms with Crippen LogP contribution < -0.4 is 10.1 Å². The zero-order valence-corrected chi connectivity index (χ0v) is 18.6. The van der Waals surface area contributed by atoms with Gasteiger partial charge in [-0.15, -0.1) is 0 Å². The number of rotatable bonds is 7. The third-order valence-electron chi connectivity index (χ3n) is 5.76. The first-order valence-electron chi connectivity index (χ1n) is 10.8. The number of hydrogen-bond acceptors (Lipinski definition) is 6. The molecule has 1 heterocycles. The normalized spacial score (nSPS) is 21.2. The predicted molar refractivity (Wildman–Crippen MR) is 116 cm³/mol. The van der Waals surface area contributed by atoms with Crippen molar-refractivity contribution in [2.45, 2.75) is 70.6 Å². The van der Waals surface area contributed by atoms with Crippen LogP contribution in [0.5, 0.6) is 5.75 Å². The third kappa shape index (κ3) is 5.66. The molecule has 1 amide bonds. The van der Waals surface area contributed by atoms with Gasteiger partial charge >= 0.3 is 0 Å². The van der Waals surface area contributed by atoms with Crippen LogP contribution in [0.15, 0.2) is 18.2 Å². The molecule has 1 aliphatic heterocycles. The number of nitrogens with one attached hydrogen (secondary N) is 1. The van der Waals surface area contributed by atoms with Gasteiger partial charge in [0, 0.05) is 12.1 Å². The minimum Gasteiger partial charge on any atom is -0.489 e. The van der Waals surface area contributed by atoms with E-state index in [1.165, 1.54) is 0 Å². The number of amides is 1. The number of nitriles is 1. The lowest BCUT2D eigenvalue weighted by atomic mass is 9.93. The van der Waals surface area contributed by atoms with Crippen LogP contribution in [0.1, 0.15) is 57.9 Å². The third-order valence-corrected chi connectivity index (χ3v) is 7.51. The second kappa shape index (κ2) is 9.69. The lowest BCUT2D eigenvalue weighted by Crippen LogP contribution is -2.50. The van der Waals surface area contributed by atoms with Gasteiger partial charge in [0.1, 0.15) is 5.75 Å². The van der Waals surface area contributed by atoms with Gasteiger partial charge in [-0.2, -0.15) is 5.26 Å². The van der Waals surface area contributed by atoms with E-state index in [0.717, 1.165) is 32.1 Å². The molecule has 1 aromatic rings. The zero-order valence-electron chi connectivity index (χ0n) is 17.8. The molecular formula is C22H31N3O4S. The summed E-state index contributed by atoms with van der Waals surface area (Å²) in [6.45, 7) is 3.87. The van der Waals surface area contributed by atoms with Gasteiger partial charge in [-0.05, 0) is 51.3 Å². The van der Waals surface area contributed by atoms with Gasteiger partial charge in [-0.3, -0.25) is 4.79 Å².